The van der Waals surface area contributed by atoms with Gasteiger partial charge in [-0.3, -0.25) is 9.59 Å². The molecule has 3 rings (SSSR count). The maximum atomic E-state index is 12.4. The summed E-state index contributed by atoms with van der Waals surface area (Å²) in [4.78, 5) is 34.8. The van der Waals surface area contributed by atoms with Crippen LogP contribution < -0.4 is 10.9 Å². The molecule has 2 aromatic heterocycles. The third kappa shape index (κ3) is 2.95. The number of nitrogens with zero attached hydrogens (tertiary/aromatic N) is 1. The third-order valence-corrected chi connectivity index (χ3v) is 4.16. The van der Waals surface area contributed by atoms with Gasteiger partial charge in [0.25, 0.3) is 11.5 Å². The molecule has 1 atom stereocenters. The van der Waals surface area contributed by atoms with Crippen molar-refractivity contribution < 1.29 is 4.79 Å². The second-order valence-corrected chi connectivity index (χ2v) is 6.16. The summed E-state index contributed by atoms with van der Waals surface area (Å²) in [5.74, 6) is 0.243. The molecule has 0 spiro atoms. The second kappa shape index (κ2) is 5.96. The fourth-order valence-electron chi connectivity index (χ4n) is 2.59. The fraction of sp³-hybridized carbons (Fsp3) is 0.278. The van der Waals surface area contributed by atoms with Crippen molar-refractivity contribution in [2.75, 3.05) is 0 Å². The van der Waals surface area contributed by atoms with Gasteiger partial charge in [0.2, 0.25) is 0 Å². The first-order valence-electron chi connectivity index (χ1n) is 7.83. The highest BCUT2D eigenvalue weighted by molar-refractivity contribution is 5.94. The van der Waals surface area contributed by atoms with Crippen LogP contribution in [0.1, 0.15) is 46.0 Å². The Bertz CT molecular complexity index is 984. The van der Waals surface area contributed by atoms with Gasteiger partial charge in [-0.2, -0.15) is 0 Å². The summed E-state index contributed by atoms with van der Waals surface area (Å²) in [6.07, 6.45) is 0. The van der Waals surface area contributed by atoms with E-state index in [4.69, 9.17) is 0 Å². The van der Waals surface area contributed by atoms with Crippen molar-refractivity contribution in [2.45, 2.75) is 33.7 Å². The number of aromatic amines is 2. The van der Waals surface area contributed by atoms with Crippen molar-refractivity contribution >= 4 is 16.9 Å². The Hall–Kier alpha value is -2.89. The molecule has 0 radical (unpaired) electrons. The number of rotatable bonds is 3. The number of imidazole rings is 1. The lowest BCUT2D eigenvalue weighted by Gasteiger charge is -2.11. The van der Waals surface area contributed by atoms with Crippen LogP contribution >= 0.6 is 0 Å². The monoisotopic (exact) mass is 324 g/mol. The number of aromatic nitrogens is 3. The Morgan fingerprint density at radius 3 is 2.67 bits per heavy atom. The van der Waals surface area contributed by atoms with E-state index < -0.39 is 5.91 Å². The van der Waals surface area contributed by atoms with E-state index in [0.717, 1.165) is 27.9 Å². The van der Waals surface area contributed by atoms with E-state index in [9.17, 15) is 9.59 Å². The van der Waals surface area contributed by atoms with E-state index >= 15 is 0 Å². The number of aryl methyl sites for hydroxylation is 3. The molecule has 1 aromatic carbocycles. The van der Waals surface area contributed by atoms with Crippen LogP contribution in [0, 0.1) is 20.8 Å². The molecule has 0 saturated carbocycles. The van der Waals surface area contributed by atoms with Gasteiger partial charge in [-0.15, -0.1) is 0 Å². The molecule has 0 bridgehead atoms. The van der Waals surface area contributed by atoms with E-state index in [1.54, 1.807) is 13.0 Å². The van der Waals surface area contributed by atoms with Crippen LogP contribution in [0.3, 0.4) is 0 Å². The number of carbonyl (C=O) groups is 1. The molecule has 3 aromatic rings. The second-order valence-electron chi connectivity index (χ2n) is 6.16. The highest BCUT2D eigenvalue weighted by atomic mass is 16.2. The van der Waals surface area contributed by atoms with Crippen molar-refractivity contribution in [3.8, 4) is 0 Å². The van der Waals surface area contributed by atoms with Crippen molar-refractivity contribution in [3.63, 3.8) is 0 Å². The summed E-state index contributed by atoms with van der Waals surface area (Å²) in [7, 11) is 0. The quantitative estimate of drug-likeness (QED) is 0.692. The molecule has 124 valence electrons. The van der Waals surface area contributed by atoms with Gasteiger partial charge in [-0.05, 0) is 57.0 Å². The lowest BCUT2D eigenvalue weighted by molar-refractivity contribution is 0.0937. The van der Waals surface area contributed by atoms with Gasteiger partial charge in [-0.1, -0.05) is 6.07 Å². The first-order chi connectivity index (χ1) is 11.3. The molecule has 6 heteroatoms. The lowest BCUT2D eigenvalue weighted by atomic mass is 10.1. The Kier molecular flexibility index (Phi) is 3.97. The maximum Gasteiger partial charge on any atom is 0.261 e. The smallest absolute Gasteiger partial charge is 0.261 e. The zero-order valence-electron chi connectivity index (χ0n) is 14.2. The zero-order chi connectivity index (χ0) is 17.4. The van der Waals surface area contributed by atoms with Gasteiger partial charge < -0.3 is 15.3 Å². The number of hydrogen-bond donors (Lipinski definition) is 3. The fourth-order valence-corrected chi connectivity index (χ4v) is 2.59. The Labute approximate surface area is 139 Å². The molecule has 0 saturated heterocycles. The van der Waals surface area contributed by atoms with Gasteiger partial charge in [0.15, 0.2) is 0 Å². The molecule has 0 fully saturated rings. The number of H-pyrrole nitrogens is 2. The van der Waals surface area contributed by atoms with E-state index in [1.165, 1.54) is 0 Å². The molecule has 0 aliphatic heterocycles. The number of fused-ring (bicyclic) bond motifs is 1. The van der Waals surface area contributed by atoms with Crippen LogP contribution in [0.5, 0.6) is 0 Å². The number of amides is 1. The maximum absolute atomic E-state index is 12.4. The molecule has 0 aliphatic carbocycles. The van der Waals surface area contributed by atoms with Gasteiger partial charge >= 0.3 is 0 Å². The van der Waals surface area contributed by atoms with Gasteiger partial charge in [0.05, 0.1) is 17.1 Å². The number of carbonyl (C=O) groups excluding carboxylic acids is 1. The summed E-state index contributed by atoms with van der Waals surface area (Å²) in [6.45, 7) is 7.50. The minimum Gasteiger partial charge on any atom is -0.342 e. The van der Waals surface area contributed by atoms with E-state index in [-0.39, 0.29) is 17.2 Å². The lowest BCUT2D eigenvalue weighted by Crippen LogP contribution is -2.32. The molecule has 24 heavy (non-hydrogen) atoms. The van der Waals surface area contributed by atoms with Gasteiger partial charge in [0.1, 0.15) is 11.4 Å². The topological polar surface area (TPSA) is 90.6 Å². The van der Waals surface area contributed by atoms with Crippen LogP contribution in [-0.4, -0.2) is 20.9 Å². The number of nitrogens with one attached hydrogen (secondary N) is 3. The van der Waals surface area contributed by atoms with Gasteiger partial charge in [0, 0.05) is 5.69 Å². The average Bonchev–Trinajstić information content (AvgIpc) is 2.93. The SMILES string of the molecule is Cc1ccc2nc([C@H](C)NC(=O)c3cc(C)c(C)[nH]c3=O)[nH]c2c1. The van der Waals surface area contributed by atoms with E-state index in [1.807, 2.05) is 39.0 Å². The molecular formula is C18H20N4O2. The molecular weight excluding hydrogens is 304 g/mol. The summed E-state index contributed by atoms with van der Waals surface area (Å²) in [6, 6.07) is 7.20. The molecule has 2 heterocycles. The van der Waals surface area contributed by atoms with Crippen LogP contribution in [0.4, 0.5) is 0 Å². The Morgan fingerprint density at radius 1 is 1.17 bits per heavy atom. The predicted octanol–water partition coefficient (Wildman–Crippen LogP) is 2.67. The number of hydrogen-bond acceptors (Lipinski definition) is 3. The summed E-state index contributed by atoms with van der Waals surface area (Å²) in [5, 5.41) is 2.82. The summed E-state index contributed by atoms with van der Waals surface area (Å²) < 4.78 is 0. The Morgan fingerprint density at radius 2 is 1.92 bits per heavy atom. The van der Waals surface area contributed by atoms with E-state index in [0.29, 0.717) is 5.82 Å². The van der Waals surface area contributed by atoms with Crippen LogP contribution in [0.25, 0.3) is 11.0 Å². The average molecular weight is 324 g/mol. The zero-order valence-corrected chi connectivity index (χ0v) is 14.2. The minimum atomic E-state index is -0.413. The normalized spacial score (nSPS) is 12.3. The summed E-state index contributed by atoms with van der Waals surface area (Å²) in [5.41, 5.74) is 4.26. The minimum absolute atomic E-state index is 0.108. The van der Waals surface area contributed by atoms with Crippen LogP contribution in [0.15, 0.2) is 29.1 Å². The standard InChI is InChI=1S/C18H20N4O2/c1-9-5-6-14-15(7-9)22-16(21-14)12(4)20-18(24)13-8-10(2)11(3)19-17(13)23/h5-8,12H,1-4H3,(H,19,23)(H,20,24)(H,21,22)/t12-/m0/s1. The highest BCUT2D eigenvalue weighted by Gasteiger charge is 2.17. The highest BCUT2D eigenvalue weighted by Crippen LogP contribution is 2.17. The summed E-state index contributed by atoms with van der Waals surface area (Å²) >= 11 is 0. The number of pyridine rings is 1. The van der Waals surface area contributed by atoms with Crippen LogP contribution in [-0.2, 0) is 0 Å². The third-order valence-electron chi connectivity index (χ3n) is 4.16. The van der Waals surface area contributed by atoms with Crippen molar-refractivity contribution in [3.05, 3.63) is 62.8 Å². The van der Waals surface area contributed by atoms with Crippen molar-refractivity contribution in [1.82, 2.24) is 20.3 Å². The van der Waals surface area contributed by atoms with Crippen molar-refractivity contribution in [1.29, 1.82) is 0 Å². The molecule has 1 amide bonds. The largest absolute Gasteiger partial charge is 0.342 e. The van der Waals surface area contributed by atoms with Gasteiger partial charge in [-0.25, -0.2) is 4.98 Å². The molecule has 0 aliphatic rings. The first-order valence-corrected chi connectivity index (χ1v) is 7.83. The van der Waals surface area contributed by atoms with E-state index in [2.05, 4.69) is 20.3 Å². The molecule has 3 N–H and O–H groups in total. The predicted molar refractivity (Wildman–Crippen MR) is 93.2 cm³/mol. The Balaban J connectivity index is 1.85. The first kappa shape index (κ1) is 16.0. The molecule has 6 nitrogen and oxygen atoms in total. The van der Waals surface area contributed by atoms with Crippen molar-refractivity contribution in [2.24, 2.45) is 0 Å². The van der Waals surface area contributed by atoms with Crippen LogP contribution in [0.2, 0.25) is 0 Å². The number of benzene rings is 1. The molecule has 0 unspecified atom stereocenters.